The summed E-state index contributed by atoms with van der Waals surface area (Å²) in [5.74, 6) is -1.98. The molecule has 0 unspecified atom stereocenters. The van der Waals surface area contributed by atoms with Gasteiger partial charge in [-0.05, 0) is 37.3 Å². The van der Waals surface area contributed by atoms with Crippen LogP contribution in [0.5, 0.6) is 0 Å². The van der Waals surface area contributed by atoms with Crippen molar-refractivity contribution in [2.75, 3.05) is 26.1 Å². The number of nitrogens with one attached hydrogen (secondary N) is 2. The number of rotatable bonds is 7. The van der Waals surface area contributed by atoms with Crippen LogP contribution >= 0.6 is 0 Å². The molecule has 0 spiro atoms. The Bertz CT molecular complexity index is 904. The van der Waals surface area contributed by atoms with Crippen LogP contribution < -0.4 is 10.6 Å². The standard InChI is InChI=1S/C21H22N2O6/c1-13-5-4-6-14(9-13)19(25)22-8-7-18(24)23-17-11-15(20(26)28-2)10-16(12-17)21(27)29-3/h4-6,9-12H,7-8H2,1-3H3,(H,22,25)(H,23,24). The molecule has 0 aliphatic carbocycles. The number of hydrogen-bond acceptors (Lipinski definition) is 6. The number of carbonyl (C=O) groups excluding carboxylic acids is 4. The Hall–Kier alpha value is -3.68. The van der Waals surface area contributed by atoms with Gasteiger partial charge in [0.15, 0.2) is 0 Å². The van der Waals surface area contributed by atoms with Crippen LogP contribution in [0.2, 0.25) is 0 Å². The highest BCUT2D eigenvalue weighted by atomic mass is 16.5. The van der Waals surface area contributed by atoms with E-state index in [9.17, 15) is 19.2 Å². The van der Waals surface area contributed by atoms with E-state index in [-0.39, 0.29) is 35.7 Å². The Labute approximate surface area is 168 Å². The van der Waals surface area contributed by atoms with Gasteiger partial charge in [-0.2, -0.15) is 0 Å². The van der Waals surface area contributed by atoms with Crippen molar-refractivity contribution in [3.63, 3.8) is 0 Å². The minimum atomic E-state index is -0.656. The summed E-state index contributed by atoms with van der Waals surface area (Å²) in [6.07, 6.45) is 0.00751. The lowest BCUT2D eigenvalue weighted by atomic mass is 10.1. The summed E-state index contributed by atoms with van der Waals surface area (Å²) in [5, 5.41) is 5.27. The van der Waals surface area contributed by atoms with E-state index < -0.39 is 17.8 Å². The van der Waals surface area contributed by atoms with Crippen LogP contribution in [0, 0.1) is 6.92 Å². The van der Waals surface area contributed by atoms with Gasteiger partial charge in [-0.1, -0.05) is 17.7 Å². The second-order valence-electron chi connectivity index (χ2n) is 6.21. The van der Waals surface area contributed by atoms with Crippen molar-refractivity contribution in [1.29, 1.82) is 0 Å². The van der Waals surface area contributed by atoms with E-state index in [0.29, 0.717) is 5.56 Å². The molecule has 2 aromatic rings. The maximum Gasteiger partial charge on any atom is 0.337 e. The summed E-state index contributed by atoms with van der Waals surface area (Å²) in [7, 11) is 2.42. The van der Waals surface area contributed by atoms with E-state index in [2.05, 4.69) is 20.1 Å². The third-order valence-electron chi connectivity index (χ3n) is 3.98. The molecule has 2 N–H and O–H groups in total. The second kappa shape index (κ2) is 10.0. The third kappa shape index (κ3) is 6.17. The number of aryl methyl sites for hydroxylation is 1. The zero-order chi connectivity index (χ0) is 21.4. The highest BCUT2D eigenvalue weighted by Gasteiger charge is 2.15. The van der Waals surface area contributed by atoms with Crippen LogP contribution in [0.4, 0.5) is 5.69 Å². The Morgan fingerprint density at radius 3 is 2.03 bits per heavy atom. The van der Waals surface area contributed by atoms with Crippen molar-refractivity contribution >= 4 is 29.4 Å². The summed E-state index contributed by atoms with van der Waals surface area (Å²) < 4.78 is 9.31. The first-order valence-corrected chi connectivity index (χ1v) is 8.80. The van der Waals surface area contributed by atoms with Crippen LogP contribution in [0.25, 0.3) is 0 Å². The van der Waals surface area contributed by atoms with Crippen molar-refractivity contribution in [2.45, 2.75) is 13.3 Å². The smallest absolute Gasteiger partial charge is 0.337 e. The van der Waals surface area contributed by atoms with Gasteiger partial charge in [-0.3, -0.25) is 9.59 Å². The number of ether oxygens (including phenoxy) is 2. The van der Waals surface area contributed by atoms with Gasteiger partial charge in [0.25, 0.3) is 5.91 Å². The number of methoxy groups -OCH3 is 2. The summed E-state index contributed by atoms with van der Waals surface area (Å²) in [6, 6.07) is 11.2. The zero-order valence-corrected chi connectivity index (χ0v) is 16.4. The van der Waals surface area contributed by atoms with Gasteiger partial charge in [-0.15, -0.1) is 0 Å². The minimum absolute atomic E-state index is 0.00751. The average Bonchev–Trinajstić information content (AvgIpc) is 2.72. The molecule has 2 rings (SSSR count). The molecular formula is C21H22N2O6. The first-order chi connectivity index (χ1) is 13.8. The normalized spacial score (nSPS) is 10.0. The molecule has 8 heteroatoms. The van der Waals surface area contributed by atoms with E-state index in [1.807, 2.05) is 13.0 Å². The van der Waals surface area contributed by atoms with Crippen molar-refractivity contribution in [3.8, 4) is 0 Å². The average molecular weight is 398 g/mol. The molecule has 0 radical (unpaired) electrons. The lowest BCUT2D eigenvalue weighted by Gasteiger charge is -2.10. The molecule has 8 nitrogen and oxygen atoms in total. The van der Waals surface area contributed by atoms with Crippen molar-refractivity contribution in [1.82, 2.24) is 5.32 Å². The monoisotopic (exact) mass is 398 g/mol. The molecule has 152 valence electrons. The first kappa shape index (κ1) is 21.6. The van der Waals surface area contributed by atoms with E-state index in [4.69, 9.17) is 0 Å². The Morgan fingerprint density at radius 2 is 1.48 bits per heavy atom. The summed E-state index contributed by atoms with van der Waals surface area (Å²) in [5.41, 5.74) is 1.90. The molecule has 0 aromatic heterocycles. The molecule has 0 saturated carbocycles. The fourth-order valence-corrected chi connectivity index (χ4v) is 2.57. The number of hydrogen-bond donors (Lipinski definition) is 2. The maximum atomic E-state index is 12.2. The topological polar surface area (TPSA) is 111 Å². The van der Waals surface area contributed by atoms with E-state index >= 15 is 0 Å². The quantitative estimate of drug-likeness (QED) is 0.693. The number of anilines is 1. The minimum Gasteiger partial charge on any atom is -0.465 e. The fraction of sp³-hybridized carbons (Fsp3) is 0.238. The number of carbonyl (C=O) groups is 4. The number of esters is 2. The van der Waals surface area contributed by atoms with E-state index in [1.54, 1.807) is 18.2 Å². The predicted octanol–water partition coefficient (Wildman–Crippen LogP) is 2.33. The number of benzene rings is 2. The van der Waals surface area contributed by atoms with Gasteiger partial charge in [0.05, 0.1) is 25.3 Å². The number of amides is 2. The van der Waals surface area contributed by atoms with Crippen molar-refractivity contribution in [2.24, 2.45) is 0 Å². The molecule has 0 bridgehead atoms. The van der Waals surface area contributed by atoms with Crippen LogP contribution in [-0.2, 0) is 14.3 Å². The SMILES string of the molecule is COC(=O)c1cc(NC(=O)CCNC(=O)c2cccc(C)c2)cc(C(=O)OC)c1. The van der Waals surface area contributed by atoms with Crippen LogP contribution in [-0.4, -0.2) is 44.5 Å². The molecule has 2 aromatic carbocycles. The molecule has 29 heavy (non-hydrogen) atoms. The lowest BCUT2D eigenvalue weighted by Crippen LogP contribution is -2.27. The highest BCUT2D eigenvalue weighted by Crippen LogP contribution is 2.17. The summed E-state index contributed by atoms with van der Waals surface area (Å²) >= 11 is 0. The fourth-order valence-electron chi connectivity index (χ4n) is 2.57. The maximum absolute atomic E-state index is 12.2. The second-order valence-corrected chi connectivity index (χ2v) is 6.21. The largest absolute Gasteiger partial charge is 0.465 e. The Balaban J connectivity index is 1.99. The first-order valence-electron chi connectivity index (χ1n) is 8.80. The molecule has 0 atom stereocenters. The van der Waals surface area contributed by atoms with Gasteiger partial charge in [0.1, 0.15) is 0 Å². The van der Waals surface area contributed by atoms with E-state index in [0.717, 1.165) is 5.56 Å². The summed E-state index contributed by atoms with van der Waals surface area (Å²) in [4.78, 5) is 47.9. The Kier molecular flexibility index (Phi) is 7.47. The van der Waals surface area contributed by atoms with Gasteiger partial charge in [0.2, 0.25) is 5.91 Å². The third-order valence-corrected chi connectivity index (χ3v) is 3.98. The van der Waals surface area contributed by atoms with Gasteiger partial charge in [-0.25, -0.2) is 9.59 Å². The van der Waals surface area contributed by atoms with Crippen molar-refractivity contribution < 1.29 is 28.7 Å². The predicted molar refractivity (Wildman–Crippen MR) is 106 cm³/mol. The van der Waals surface area contributed by atoms with Crippen LogP contribution in [0.3, 0.4) is 0 Å². The van der Waals surface area contributed by atoms with Crippen LogP contribution in [0.15, 0.2) is 42.5 Å². The zero-order valence-electron chi connectivity index (χ0n) is 16.4. The molecular weight excluding hydrogens is 376 g/mol. The van der Waals surface area contributed by atoms with Crippen molar-refractivity contribution in [3.05, 3.63) is 64.7 Å². The van der Waals surface area contributed by atoms with Crippen LogP contribution in [0.1, 0.15) is 43.1 Å². The lowest BCUT2D eigenvalue weighted by molar-refractivity contribution is -0.116. The molecule has 0 saturated heterocycles. The highest BCUT2D eigenvalue weighted by molar-refractivity contribution is 5.99. The summed E-state index contributed by atoms with van der Waals surface area (Å²) in [6.45, 7) is 2.01. The van der Waals surface area contributed by atoms with Gasteiger partial charge < -0.3 is 20.1 Å². The van der Waals surface area contributed by atoms with E-state index in [1.165, 1.54) is 32.4 Å². The Morgan fingerprint density at radius 1 is 0.862 bits per heavy atom. The van der Waals surface area contributed by atoms with Gasteiger partial charge in [0, 0.05) is 24.2 Å². The molecule has 2 amide bonds. The molecule has 0 fully saturated rings. The molecule has 0 aliphatic rings. The molecule has 0 aliphatic heterocycles. The van der Waals surface area contributed by atoms with Gasteiger partial charge >= 0.3 is 11.9 Å². The molecule has 0 heterocycles.